The van der Waals surface area contributed by atoms with Gasteiger partial charge in [0, 0.05) is 23.6 Å². The molecule has 2 aromatic rings. The smallest absolute Gasteiger partial charge is 0.248 e. The number of nitriles is 1. The van der Waals surface area contributed by atoms with Crippen molar-refractivity contribution >= 4 is 43.4 Å². The zero-order valence-electron chi connectivity index (χ0n) is 17.0. The van der Waals surface area contributed by atoms with Gasteiger partial charge in [0.25, 0.3) is 0 Å². The third kappa shape index (κ3) is 8.43. The number of hydrogen-bond donors (Lipinski definition) is 2. The van der Waals surface area contributed by atoms with E-state index in [4.69, 9.17) is 22.0 Å². The van der Waals surface area contributed by atoms with E-state index >= 15 is 0 Å². The molecule has 0 bridgehead atoms. The molecule has 0 spiro atoms. The Morgan fingerprint density at radius 1 is 1.12 bits per heavy atom. The fourth-order valence-electron chi connectivity index (χ4n) is 2.76. The van der Waals surface area contributed by atoms with Crippen LogP contribution in [0.2, 0.25) is 5.02 Å². The van der Waals surface area contributed by atoms with Crippen molar-refractivity contribution in [1.29, 1.82) is 5.26 Å². The first kappa shape index (κ1) is 25.5. The summed E-state index contributed by atoms with van der Waals surface area (Å²) in [5, 5.41) is 16.8. The van der Waals surface area contributed by atoms with Crippen molar-refractivity contribution in [3.63, 3.8) is 0 Å². The number of rotatable bonds is 10. The van der Waals surface area contributed by atoms with Crippen LogP contribution in [0.15, 0.2) is 59.0 Å². The molecule has 0 unspecified atom stereocenters. The van der Waals surface area contributed by atoms with Crippen LogP contribution in [-0.2, 0) is 31.1 Å². The Morgan fingerprint density at radius 3 is 2.41 bits per heavy atom. The maximum absolute atomic E-state index is 12.7. The summed E-state index contributed by atoms with van der Waals surface area (Å²) < 4.78 is 47.3. The van der Waals surface area contributed by atoms with Crippen LogP contribution >= 0.6 is 11.6 Å². The van der Waals surface area contributed by atoms with Crippen LogP contribution in [0.5, 0.6) is 0 Å². The first-order chi connectivity index (χ1) is 15.0. The maximum Gasteiger partial charge on any atom is 0.248 e. The lowest BCUT2D eigenvalue weighted by molar-refractivity contribution is -0.117. The molecule has 0 saturated carbocycles. The highest BCUT2D eigenvalue weighted by Gasteiger charge is 2.19. The van der Waals surface area contributed by atoms with Gasteiger partial charge in [-0.3, -0.25) is 4.79 Å². The first-order valence-electron chi connectivity index (χ1n) is 9.43. The Bertz CT molecular complexity index is 1250. The van der Waals surface area contributed by atoms with Crippen molar-refractivity contribution in [2.24, 2.45) is 5.14 Å². The number of nitrogens with two attached hydrogens (primary N) is 1. The molecule has 0 aliphatic carbocycles. The van der Waals surface area contributed by atoms with Gasteiger partial charge in [0.1, 0.15) is 0 Å². The van der Waals surface area contributed by atoms with E-state index < -0.39 is 31.5 Å². The van der Waals surface area contributed by atoms with E-state index in [1.165, 1.54) is 18.2 Å². The average molecular weight is 496 g/mol. The summed E-state index contributed by atoms with van der Waals surface area (Å²) in [4.78, 5) is 12.7. The molecule has 0 saturated heterocycles. The number of amides is 1. The number of sulfonamides is 1. The second kappa shape index (κ2) is 11.2. The van der Waals surface area contributed by atoms with Gasteiger partial charge >= 0.3 is 0 Å². The van der Waals surface area contributed by atoms with E-state index in [1.807, 2.05) is 0 Å². The van der Waals surface area contributed by atoms with Crippen molar-refractivity contribution < 1.29 is 21.6 Å². The molecule has 0 atom stereocenters. The van der Waals surface area contributed by atoms with Crippen molar-refractivity contribution in [1.82, 2.24) is 5.32 Å². The summed E-state index contributed by atoms with van der Waals surface area (Å²) in [6.07, 6.45) is 1.68. The highest BCUT2D eigenvalue weighted by Crippen LogP contribution is 2.16. The molecule has 0 radical (unpaired) electrons. The molecular weight excluding hydrogens is 474 g/mol. The number of nitrogens with one attached hydrogen (secondary N) is 1. The largest absolute Gasteiger partial charge is 0.352 e. The predicted octanol–water partition coefficient (Wildman–Crippen LogP) is 2.06. The molecule has 0 aromatic heterocycles. The highest BCUT2D eigenvalue weighted by molar-refractivity contribution is 7.91. The Labute approximate surface area is 192 Å². The van der Waals surface area contributed by atoms with Gasteiger partial charge in [-0.05, 0) is 47.9 Å². The fourth-order valence-corrected chi connectivity index (χ4v) is 4.71. The summed E-state index contributed by atoms with van der Waals surface area (Å²) in [5.41, 5.74) is 1.35. The van der Waals surface area contributed by atoms with Gasteiger partial charge in [0.2, 0.25) is 15.9 Å². The van der Waals surface area contributed by atoms with Crippen LogP contribution < -0.4 is 10.5 Å². The minimum absolute atomic E-state index is 0.0143. The minimum atomic E-state index is -3.79. The maximum atomic E-state index is 12.7. The second-order valence-electron chi connectivity index (χ2n) is 6.92. The second-order valence-corrected chi connectivity index (χ2v) is 11.1. The Hall–Kier alpha value is -2.71. The Balaban J connectivity index is 2.13. The summed E-state index contributed by atoms with van der Waals surface area (Å²) in [6, 6.07) is 14.3. The van der Waals surface area contributed by atoms with Crippen molar-refractivity contribution in [3.8, 4) is 6.07 Å². The number of carbonyl (C=O) groups excluding carboxylic acids is 1. The number of carbonyl (C=O) groups is 1. The number of hydrogen-bond acceptors (Lipinski definition) is 6. The van der Waals surface area contributed by atoms with Crippen molar-refractivity contribution in [2.45, 2.75) is 17.7 Å². The molecule has 170 valence electrons. The summed E-state index contributed by atoms with van der Waals surface area (Å²) in [5.74, 6) is -1.43. The molecule has 2 rings (SSSR count). The molecule has 8 nitrogen and oxygen atoms in total. The Morgan fingerprint density at radius 2 is 1.81 bits per heavy atom. The van der Waals surface area contributed by atoms with Crippen molar-refractivity contribution in [2.75, 3.05) is 18.1 Å². The minimum Gasteiger partial charge on any atom is -0.352 e. The predicted molar refractivity (Wildman–Crippen MR) is 123 cm³/mol. The zero-order chi connectivity index (χ0) is 23.8. The number of sulfone groups is 1. The first-order valence-corrected chi connectivity index (χ1v) is 13.2. The third-order valence-corrected chi connectivity index (χ3v) is 7.07. The molecule has 0 aliphatic rings. The van der Waals surface area contributed by atoms with Crippen molar-refractivity contribution in [3.05, 3.63) is 70.3 Å². The highest BCUT2D eigenvalue weighted by atomic mass is 35.5. The van der Waals surface area contributed by atoms with Crippen LogP contribution in [0, 0.1) is 11.3 Å². The molecule has 0 aliphatic heterocycles. The van der Waals surface area contributed by atoms with Gasteiger partial charge in [0.15, 0.2) is 9.84 Å². The molecule has 0 fully saturated rings. The molecule has 1 amide bonds. The van der Waals surface area contributed by atoms with Gasteiger partial charge in [-0.1, -0.05) is 35.9 Å². The summed E-state index contributed by atoms with van der Waals surface area (Å²) in [7, 11) is -7.45. The zero-order valence-corrected chi connectivity index (χ0v) is 19.4. The topological polar surface area (TPSA) is 147 Å². The van der Waals surface area contributed by atoms with E-state index in [1.54, 1.807) is 42.5 Å². The molecule has 11 heteroatoms. The number of benzene rings is 2. The number of halogens is 1. The van der Waals surface area contributed by atoms with E-state index in [0.29, 0.717) is 17.0 Å². The quantitative estimate of drug-likeness (QED) is 0.482. The van der Waals surface area contributed by atoms with E-state index in [0.717, 1.165) is 5.56 Å². The lowest BCUT2D eigenvalue weighted by atomic mass is 10.1. The van der Waals surface area contributed by atoms with Crippen LogP contribution in [0.1, 0.15) is 17.5 Å². The van der Waals surface area contributed by atoms with Gasteiger partial charge in [-0.25, -0.2) is 22.0 Å². The third-order valence-electron chi connectivity index (χ3n) is 4.33. The normalized spacial score (nSPS) is 12.2. The lowest BCUT2D eigenvalue weighted by Crippen LogP contribution is -2.30. The van der Waals surface area contributed by atoms with E-state index in [-0.39, 0.29) is 29.2 Å². The van der Waals surface area contributed by atoms with Crippen LogP contribution in [-0.4, -0.2) is 40.8 Å². The fraction of sp³-hybridized carbons (Fsp3) is 0.238. The summed E-state index contributed by atoms with van der Waals surface area (Å²) in [6.45, 7) is 0.193. The monoisotopic (exact) mass is 495 g/mol. The van der Waals surface area contributed by atoms with Gasteiger partial charge in [-0.15, -0.1) is 0 Å². The lowest BCUT2D eigenvalue weighted by Gasteiger charge is -2.10. The average Bonchev–Trinajstić information content (AvgIpc) is 2.71. The van der Waals surface area contributed by atoms with E-state index in [2.05, 4.69) is 5.32 Å². The Kier molecular flexibility index (Phi) is 8.98. The number of primary sulfonamides is 1. The van der Waals surface area contributed by atoms with Crippen LogP contribution in [0.25, 0.3) is 6.08 Å². The summed E-state index contributed by atoms with van der Waals surface area (Å²) >= 11 is 5.97. The number of nitrogens with zero attached hydrogens (tertiary/aromatic N) is 1. The molecule has 32 heavy (non-hydrogen) atoms. The van der Waals surface area contributed by atoms with Gasteiger partial charge in [-0.2, -0.15) is 5.26 Å². The standard InChI is InChI=1S/C21H22ClN3O5S2/c22-19-4-1-3-17(14-19)13-18(15-31(27,28)12-2-10-23)21(26)25-11-9-16-5-7-20(8-6-16)32(24,29)30/h1,3-8,13-14H,2,9,11-12,15H2,(H,25,26)(H2,24,29,30)/b18-13+. The van der Waals surface area contributed by atoms with Crippen LogP contribution in [0.4, 0.5) is 0 Å². The van der Waals surface area contributed by atoms with Gasteiger partial charge < -0.3 is 5.32 Å². The molecule has 3 N–H and O–H groups in total. The molecule has 0 heterocycles. The van der Waals surface area contributed by atoms with E-state index in [9.17, 15) is 21.6 Å². The SMILES string of the molecule is N#CCCS(=O)(=O)C/C(=C\c1cccc(Cl)c1)C(=O)NCCc1ccc(S(N)(=O)=O)cc1. The molecule has 2 aromatic carbocycles. The van der Waals surface area contributed by atoms with Crippen LogP contribution in [0.3, 0.4) is 0 Å². The molecular formula is C21H22ClN3O5S2. The van der Waals surface area contributed by atoms with Gasteiger partial charge in [0.05, 0.1) is 22.5 Å².